The molecular weight excluding hydrogens is 262 g/mol. The van der Waals surface area contributed by atoms with Gasteiger partial charge in [-0.3, -0.25) is 0 Å². The summed E-state index contributed by atoms with van der Waals surface area (Å²) < 4.78 is 4.90. The minimum Gasteiger partial charge on any atom is -0.465 e. The van der Waals surface area contributed by atoms with Gasteiger partial charge < -0.3 is 9.64 Å². The number of aryl methyl sites for hydroxylation is 1. The molecule has 0 aromatic heterocycles. The Morgan fingerprint density at radius 1 is 1.38 bits per heavy atom. The first kappa shape index (κ1) is 15.9. The maximum atomic E-state index is 11.9. The molecule has 116 valence electrons. The highest BCUT2D eigenvalue weighted by Gasteiger charge is 2.52. The summed E-state index contributed by atoms with van der Waals surface area (Å²) in [5, 5.41) is 0. The quantitative estimate of drug-likeness (QED) is 0.769. The molecule has 1 aliphatic heterocycles. The lowest BCUT2D eigenvalue weighted by atomic mass is 9.96. The van der Waals surface area contributed by atoms with Crippen LogP contribution in [0.5, 0.6) is 0 Å². The minimum absolute atomic E-state index is 0.237. The van der Waals surface area contributed by atoms with Gasteiger partial charge in [-0.15, -0.1) is 0 Å². The predicted octanol–water partition coefficient (Wildman–Crippen LogP) is 4.04. The number of anilines is 1. The van der Waals surface area contributed by atoms with Gasteiger partial charge in [0, 0.05) is 13.1 Å². The van der Waals surface area contributed by atoms with Crippen LogP contribution in [0.3, 0.4) is 0 Å². The van der Waals surface area contributed by atoms with E-state index in [1.807, 2.05) is 26.0 Å². The van der Waals surface area contributed by atoms with E-state index >= 15 is 0 Å². The van der Waals surface area contributed by atoms with Crippen LogP contribution in [-0.2, 0) is 4.74 Å². The van der Waals surface area contributed by atoms with Crippen molar-refractivity contribution in [2.24, 2.45) is 11.3 Å². The lowest BCUT2D eigenvalue weighted by Gasteiger charge is -2.33. The molecule has 3 heteroatoms. The van der Waals surface area contributed by atoms with Crippen molar-refractivity contribution in [3.05, 3.63) is 29.3 Å². The minimum atomic E-state index is -0.237. The maximum absolute atomic E-state index is 11.9. The molecule has 0 N–H and O–H groups in total. The zero-order valence-electron chi connectivity index (χ0n) is 13.9. The first-order valence-corrected chi connectivity index (χ1v) is 7.97. The molecule has 2 fully saturated rings. The molecular formula is C18H27NO2. The Kier molecular flexibility index (Phi) is 4.60. The summed E-state index contributed by atoms with van der Waals surface area (Å²) in [6.45, 7) is 10.6. The van der Waals surface area contributed by atoms with Crippen molar-refractivity contribution in [3.63, 3.8) is 0 Å². The number of ether oxygens (including phenoxy) is 1. The molecule has 0 bridgehead atoms. The zero-order chi connectivity index (χ0) is 15.6. The van der Waals surface area contributed by atoms with E-state index in [-0.39, 0.29) is 5.97 Å². The molecule has 1 aromatic rings. The number of carbonyl (C=O) groups is 1. The molecule has 3 rings (SSSR count). The van der Waals surface area contributed by atoms with Crippen LogP contribution in [0.4, 0.5) is 5.69 Å². The third kappa shape index (κ3) is 3.07. The van der Waals surface area contributed by atoms with Gasteiger partial charge in [0.25, 0.3) is 0 Å². The summed E-state index contributed by atoms with van der Waals surface area (Å²) in [5.74, 6) is 0.561. The van der Waals surface area contributed by atoms with E-state index in [2.05, 4.69) is 24.8 Å². The van der Waals surface area contributed by atoms with Gasteiger partial charge in [-0.1, -0.05) is 26.8 Å². The number of hydrogen-bond acceptors (Lipinski definition) is 3. The van der Waals surface area contributed by atoms with Crippen LogP contribution in [0, 0.1) is 18.3 Å². The summed E-state index contributed by atoms with van der Waals surface area (Å²) >= 11 is 0. The fourth-order valence-corrected chi connectivity index (χ4v) is 3.25. The average Bonchev–Trinajstić information content (AvgIpc) is 3.19. The summed E-state index contributed by atoms with van der Waals surface area (Å²) in [6, 6.07) is 5.97. The maximum Gasteiger partial charge on any atom is 0.339 e. The van der Waals surface area contributed by atoms with Crippen LogP contribution < -0.4 is 4.90 Å². The molecule has 2 aliphatic rings. The van der Waals surface area contributed by atoms with E-state index < -0.39 is 0 Å². The van der Waals surface area contributed by atoms with E-state index in [9.17, 15) is 4.79 Å². The molecule has 0 spiro atoms. The largest absolute Gasteiger partial charge is 0.465 e. The van der Waals surface area contributed by atoms with Crippen LogP contribution in [0.1, 0.15) is 49.5 Å². The van der Waals surface area contributed by atoms with Crippen molar-refractivity contribution in [1.82, 2.24) is 0 Å². The van der Waals surface area contributed by atoms with Gasteiger partial charge in [0.1, 0.15) is 0 Å². The lowest BCUT2D eigenvalue weighted by molar-refractivity contribution is 0.0601. The van der Waals surface area contributed by atoms with Crippen LogP contribution >= 0.6 is 0 Å². The second-order valence-corrected chi connectivity index (χ2v) is 6.26. The number of esters is 1. The number of methoxy groups -OCH3 is 1. The monoisotopic (exact) mass is 289 g/mol. The first-order chi connectivity index (χ1) is 10.0. The molecule has 21 heavy (non-hydrogen) atoms. The van der Waals surface area contributed by atoms with E-state index in [0.29, 0.717) is 11.0 Å². The van der Waals surface area contributed by atoms with E-state index in [0.717, 1.165) is 24.7 Å². The van der Waals surface area contributed by atoms with Crippen molar-refractivity contribution in [2.75, 3.05) is 25.1 Å². The fraction of sp³-hybridized carbons (Fsp3) is 0.611. The van der Waals surface area contributed by atoms with Crippen LogP contribution in [0.25, 0.3) is 0 Å². The SMILES string of the molecule is CC.COC(=O)c1ccc(C)cc1N1CCC2(C)CC2C1. The van der Waals surface area contributed by atoms with Crippen molar-refractivity contribution in [1.29, 1.82) is 0 Å². The van der Waals surface area contributed by atoms with Gasteiger partial charge in [-0.05, 0) is 48.8 Å². The second-order valence-electron chi connectivity index (χ2n) is 6.26. The highest BCUT2D eigenvalue weighted by atomic mass is 16.5. The van der Waals surface area contributed by atoms with Crippen LogP contribution in [0.2, 0.25) is 0 Å². The predicted molar refractivity (Wildman–Crippen MR) is 86.9 cm³/mol. The van der Waals surface area contributed by atoms with Gasteiger partial charge in [0.05, 0.1) is 18.4 Å². The lowest BCUT2D eigenvalue weighted by Crippen LogP contribution is -2.35. The number of nitrogens with zero attached hydrogens (tertiary/aromatic N) is 1. The third-order valence-corrected chi connectivity index (χ3v) is 4.83. The smallest absolute Gasteiger partial charge is 0.339 e. The second kappa shape index (κ2) is 6.08. The fourth-order valence-electron chi connectivity index (χ4n) is 3.25. The zero-order valence-corrected chi connectivity index (χ0v) is 13.9. The van der Waals surface area contributed by atoms with Gasteiger partial charge in [0.2, 0.25) is 0 Å². The van der Waals surface area contributed by atoms with Gasteiger partial charge in [0.15, 0.2) is 0 Å². The number of benzene rings is 1. The van der Waals surface area contributed by atoms with E-state index in [1.54, 1.807) is 0 Å². The Labute approximate surface area is 128 Å². The number of hydrogen-bond donors (Lipinski definition) is 0. The molecule has 1 heterocycles. The summed E-state index contributed by atoms with van der Waals surface area (Å²) in [7, 11) is 1.44. The summed E-state index contributed by atoms with van der Waals surface area (Å²) in [4.78, 5) is 14.3. The normalized spacial score (nSPS) is 26.3. The Morgan fingerprint density at radius 2 is 2.10 bits per heavy atom. The Bertz CT molecular complexity index is 526. The van der Waals surface area contributed by atoms with E-state index in [4.69, 9.17) is 4.74 Å². The molecule has 1 saturated carbocycles. The first-order valence-electron chi connectivity index (χ1n) is 7.97. The molecule has 3 nitrogen and oxygen atoms in total. The van der Waals surface area contributed by atoms with Crippen molar-refractivity contribution >= 4 is 11.7 Å². The van der Waals surface area contributed by atoms with Crippen molar-refractivity contribution in [3.8, 4) is 0 Å². The van der Waals surface area contributed by atoms with Crippen molar-refractivity contribution < 1.29 is 9.53 Å². The molecule has 1 aromatic carbocycles. The molecule has 1 aliphatic carbocycles. The third-order valence-electron chi connectivity index (χ3n) is 4.83. The highest BCUT2D eigenvalue weighted by Crippen LogP contribution is 2.57. The van der Waals surface area contributed by atoms with Gasteiger partial charge >= 0.3 is 5.97 Å². The Hall–Kier alpha value is -1.51. The molecule has 2 unspecified atom stereocenters. The standard InChI is InChI=1S/C16H21NO2.C2H6/c1-11-4-5-13(15(18)19-3)14(8-11)17-7-6-16(2)9-12(16)10-17;1-2/h4-5,8,12H,6-7,9-10H2,1-3H3;1-2H3. The number of carbonyl (C=O) groups excluding carboxylic acids is 1. The molecule has 0 radical (unpaired) electrons. The topological polar surface area (TPSA) is 29.5 Å². The molecule has 1 saturated heterocycles. The van der Waals surface area contributed by atoms with Crippen LogP contribution in [-0.4, -0.2) is 26.2 Å². The van der Waals surface area contributed by atoms with Gasteiger partial charge in [-0.2, -0.15) is 0 Å². The Balaban J connectivity index is 0.000000774. The summed E-state index contributed by atoms with van der Waals surface area (Å²) in [5.41, 5.74) is 3.50. The highest BCUT2D eigenvalue weighted by molar-refractivity contribution is 5.96. The van der Waals surface area contributed by atoms with Crippen LogP contribution in [0.15, 0.2) is 18.2 Å². The summed E-state index contributed by atoms with van der Waals surface area (Å²) in [6.07, 6.45) is 2.56. The molecule has 2 atom stereocenters. The molecule has 0 amide bonds. The number of piperidine rings is 1. The van der Waals surface area contributed by atoms with Crippen molar-refractivity contribution in [2.45, 2.75) is 40.5 Å². The Morgan fingerprint density at radius 3 is 2.71 bits per heavy atom. The van der Waals surface area contributed by atoms with Gasteiger partial charge in [-0.25, -0.2) is 4.79 Å². The number of fused-ring (bicyclic) bond motifs is 1. The number of rotatable bonds is 2. The average molecular weight is 289 g/mol. The van der Waals surface area contributed by atoms with E-state index in [1.165, 1.54) is 25.5 Å².